The molecular weight excluding hydrogens is 278 g/mol. The molecule has 0 aliphatic carbocycles. The van der Waals surface area contributed by atoms with E-state index in [-0.39, 0.29) is 12.1 Å². The monoisotopic (exact) mass is 301 g/mol. The fraction of sp³-hybridized carbons (Fsp3) is 0.353. The van der Waals surface area contributed by atoms with Gasteiger partial charge in [0.1, 0.15) is 11.5 Å². The van der Waals surface area contributed by atoms with E-state index >= 15 is 0 Å². The van der Waals surface area contributed by atoms with Gasteiger partial charge in [0.25, 0.3) is 0 Å². The summed E-state index contributed by atoms with van der Waals surface area (Å²) in [5.74, 6) is 1.59. The first kappa shape index (κ1) is 15.9. The number of amides is 2. The number of hydrogen-bond donors (Lipinski definition) is 2. The Labute approximate surface area is 131 Å². The molecule has 2 aromatic rings. The number of furan rings is 1. The highest BCUT2D eigenvalue weighted by atomic mass is 16.3. The largest absolute Gasteiger partial charge is 0.464 e. The molecule has 0 aliphatic heterocycles. The maximum Gasteiger partial charge on any atom is 0.315 e. The zero-order valence-electron chi connectivity index (χ0n) is 13.5. The number of benzene rings is 1. The highest BCUT2D eigenvalue weighted by Gasteiger charge is 2.12. The predicted octanol–water partition coefficient (Wildman–Crippen LogP) is 3.21. The van der Waals surface area contributed by atoms with Gasteiger partial charge in [-0.3, -0.25) is 0 Å². The molecule has 22 heavy (non-hydrogen) atoms. The summed E-state index contributed by atoms with van der Waals surface area (Å²) in [6.45, 7) is 4.26. The quantitative estimate of drug-likeness (QED) is 0.891. The van der Waals surface area contributed by atoms with Gasteiger partial charge < -0.3 is 20.0 Å². The van der Waals surface area contributed by atoms with E-state index in [1.807, 2.05) is 63.2 Å². The van der Waals surface area contributed by atoms with Crippen molar-refractivity contribution >= 4 is 11.7 Å². The third-order valence-electron chi connectivity index (χ3n) is 3.42. The summed E-state index contributed by atoms with van der Waals surface area (Å²) in [5, 5.41) is 5.73. The van der Waals surface area contributed by atoms with Crippen LogP contribution in [0.1, 0.15) is 30.0 Å². The Morgan fingerprint density at radius 3 is 2.68 bits per heavy atom. The van der Waals surface area contributed by atoms with Gasteiger partial charge in [-0.15, -0.1) is 0 Å². The minimum absolute atomic E-state index is 0.165. The lowest BCUT2D eigenvalue weighted by molar-refractivity contribution is 0.235. The lowest BCUT2D eigenvalue weighted by Gasteiger charge is -2.15. The second-order valence-corrected chi connectivity index (χ2v) is 5.56. The summed E-state index contributed by atoms with van der Waals surface area (Å²) < 4.78 is 5.50. The lowest BCUT2D eigenvalue weighted by atomic mass is 10.2. The average molecular weight is 301 g/mol. The van der Waals surface area contributed by atoms with Gasteiger partial charge in [-0.2, -0.15) is 0 Å². The number of carbonyl (C=O) groups excluding carboxylic acids is 1. The van der Waals surface area contributed by atoms with Gasteiger partial charge >= 0.3 is 6.03 Å². The third-order valence-corrected chi connectivity index (χ3v) is 3.42. The fourth-order valence-electron chi connectivity index (χ4n) is 2.13. The zero-order chi connectivity index (χ0) is 16.1. The molecule has 1 aromatic heterocycles. The number of anilines is 1. The van der Waals surface area contributed by atoms with E-state index in [0.717, 1.165) is 22.8 Å². The molecule has 0 aliphatic rings. The van der Waals surface area contributed by atoms with Crippen molar-refractivity contribution in [2.24, 2.45) is 0 Å². The summed E-state index contributed by atoms with van der Waals surface area (Å²) in [6.07, 6.45) is 0. The highest BCUT2D eigenvalue weighted by molar-refractivity contribution is 5.74. The number of nitrogens with one attached hydrogen (secondary N) is 2. The molecule has 0 radical (unpaired) electrons. The molecule has 2 amide bonds. The van der Waals surface area contributed by atoms with Gasteiger partial charge in [0, 0.05) is 26.3 Å². The summed E-state index contributed by atoms with van der Waals surface area (Å²) in [4.78, 5) is 14.0. The number of urea groups is 1. The molecule has 118 valence electrons. The van der Waals surface area contributed by atoms with Crippen LogP contribution in [0.15, 0.2) is 40.8 Å². The van der Waals surface area contributed by atoms with Crippen LogP contribution in [0.3, 0.4) is 0 Å². The van der Waals surface area contributed by atoms with Crippen LogP contribution in [-0.2, 0) is 6.54 Å². The van der Waals surface area contributed by atoms with E-state index in [0.29, 0.717) is 6.54 Å². The van der Waals surface area contributed by atoms with Crippen LogP contribution in [-0.4, -0.2) is 20.1 Å². The summed E-state index contributed by atoms with van der Waals surface area (Å²) in [6, 6.07) is 11.5. The SMILES string of the molecule is Cc1ccc(C(C)NC(=O)NCc2cccc(N(C)C)c2)o1. The van der Waals surface area contributed by atoms with Crippen molar-refractivity contribution in [3.05, 3.63) is 53.5 Å². The molecule has 1 aromatic carbocycles. The molecule has 0 fully saturated rings. The Balaban J connectivity index is 1.86. The van der Waals surface area contributed by atoms with Gasteiger partial charge in [-0.1, -0.05) is 12.1 Å². The average Bonchev–Trinajstić information content (AvgIpc) is 2.92. The molecule has 5 heteroatoms. The molecule has 1 heterocycles. The van der Waals surface area contributed by atoms with Crippen LogP contribution < -0.4 is 15.5 Å². The number of carbonyl (C=O) groups is 1. The standard InChI is InChI=1S/C17H23N3O2/c1-12-8-9-16(22-12)13(2)19-17(21)18-11-14-6-5-7-15(10-14)20(3)4/h5-10,13H,11H2,1-4H3,(H2,18,19,21). The third kappa shape index (κ3) is 4.28. The van der Waals surface area contributed by atoms with E-state index in [4.69, 9.17) is 4.42 Å². The minimum Gasteiger partial charge on any atom is -0.464 e. The molecule has 5 nitrogen and oxygen atoms in total. The van der Waals surface area contributed by atoms with E-state index in [1.54, 1.807) is 0 Å². The van der Waals surface area contributed by atoms with Crippen molar-refractivity contribution < 1.29 is 9.21 Å². The second kappa shape index (κ2) is 7.02. The Hall–Kier alpha value is -2.43. The molecule has 0 saturated heterocycles. The van der Waals surface area contributed by atoms with Crippen molar-refractivity contribution in [2.45, 2.75) is 26.4 Å². The first-order chi connectivity index (χ1) is 10.5. The van der Waals surface area contributed by atoms with Crippen LogP contribution >= 0.6 is 0 Å². The van der Waals surface area contributed by atoms with E-state index in [2.05, 4.69) is 16.7 Å². The molecule has 0 spiro atoms. The van der Waals surface area contributed by atoms with Crippen molar-refractivity contribution in [1.29, 1.82) is 0 Å². The number of nitrogens with zero attached hydrogens (tertiary/aromatic N) is 1. The summed E-state index contributed by atoms with van der Waals surface area (Å²) in [7, 11) is 3.98. The normalized spacial score (nSPS) is 11.8. The van der Waals surface area contributed by atoms with E-state index in [9.17, 15) is 4.79 Å². The predicted molar refractivity (Wildman–Crippen MR) is 88.0 cm³/mol. The van der Waals surface area contributed by atoms with Gasteiger partial charge in [-0.25, -0.2) is 4.79 Å². The van der Waals surface area contributed by atoms with Crippen molar-refractivity contribution in [3.8, 4) is 0 Å². The molecule has 0 bridgehead atoms. The Morgan fingerprint density at radius 2 is 2.05 bits per heavy atom. The lowest BCUT2D eigenvalue weighted by Crippen LogP contribution is -2.36. The maximum absolute atomic E-state index is 12.0. The van der Waals surface area contributed by atoms with E-state index < -0.39 is 0 Å². The maximum atomic E-state index is 12.0. The summed E-state index contributed by atoms with van der Waals surface area (Å²) in [5.41, 5.74) is 2.17. The molecule has 1 unspecified atom stereocenters. The molecule has 1 atom stereocenters. The molecule has 2 rings (SSSR count). The topological polar surface area (TPSA) is 57.5 Å². The number of hydrogen-bond acceptors (Lipinski definition) is 3. The van der Waals surface area contributed by atoms with Crippen molar-refractivity contribution in [2.75, 3.05) is 19.0 Å². The van der Waals surface area contributed by atoms with Gasteiger partial charge in [0.2, 0.25) is 0 Å². The fourth-order valence-corrected chi connectivity index (χ4v) is 2.13. The van der Waals surface area contributed by atoms with Gasteiger partial charge in [0.15, 0.2) is 0 Å². The van der Waals surface area contributed by atoms with Gasteiger partial charge in [-0.05, 0) is 43.7 Å². The minimum atomic E-state index is -0.211. The highest BCUT2D eigenvalue weighted by Crippen LogP contribution is 2.15. The Bertz CT molecular complexity index is 634. The van der Waals surface area contributed by atoms with Crippen LogP contribution in [0, 0.1) is 6.92 Å². The van der Waals surface area contributed by atoms with Crippen molar-refractivity contribution in [3.63, 3.8) is 0 Å². The zero-order valence-corrected chi connectivity index (χ0v) is 13.5. The molecule has 0 saturated carbocycles. The van der Waals surface area contributed by atoms with Crippen LogP contribution in [0.2, 0.25) is 0 Å². The van der Waals surface area contributed by atoms with Crippen LogP contribution in [0.4, 0.5) is 10.5 Å². The smallest absolute Gasteiger partial charge is 0.315 e. The van der Waals surface area contributed by atoms with Crippen molar-refractivity contribution in [1.82, 2.24) is 10.6 Å². The van der Waals surface area contributed by atoms with E-state index in [1.165, 1.54) is 0 Å². The summed E-state index contributed by atoms with van der Waals surface area (Å²) >= 11 is 0. The Kier molecular flexibility index (Phi) is 5.09. The van der Waals surface area contributed by atoms with Crippen LogP contribution in [0.5, 0.6) is 0 Å². The number of rotatable bonds is 5. The second-order valence-electron chi connectivity index (χ2n) is 5.56. The van der Waals surface area contributed by atoms with Gasteiger partial charge in [0.05, 0.1) is 6.04 Å². The first-order valence-electron chi connectivity index (χ1n) is 7.32. The van der Waals surface area contributed by atoms with Crippen LogP contribution in [0.25, 0.3) is 0 Å². The first-order valence-corrected chi connectivity index (χ1v) is 7.32. The Morgan fingerprint density at radius 1 is 1.27 bits per heavy atom. The molecular formula is C17H23N3O2. The number of aryl methyl sites for hydroxylation is 1. The molecule has 2 N–H and O–H groups in total.